The number of carbonyl (C=O) groups excluding carboxylic acids is 2. The Morgan fingerprint density at radius 3 is 1.16 bits per heavy atom. The van der Waals surface area contributed by atoms with Crippen molar-refractivity contribution in [2.75, 3.05) is 14.2 Å². The van der Waals surface area contributed by atoms with Gasteiger partial charge in [-0.1, -0.05) is 0 Å². The molecule has 0 aromatic rings. The smallest absolute Gasteiger partial charge is 0.330 e. The van der Waals surface area contributed by atoms with Gasteiger partial charge in [-0.05, 0) is 81.1 Å². The predicted molar refractivity (Wildman–Crippen MR) is 125 cm³/mol. The fourth-order valence-corrected chi connectivity index (χ4v) is 7.66. The van der Waals surface area contributed by atoms with Crippen molar-refractivity contribution in [1.82, 2.24) is 20.1 Å². The highest BCUT2D eigenvalue weighted by molar-refractivity contribution is 7.87. The van der Waals surface area contributed by atoms with E-state index >= 15 is 0 Å². The Kier molecular flexibility index (Phi) is 7.43. The number of ether oxygens (including phenoxy) is 2. The number of hydrogen-bond acceptors (Lipinski definition) is 9. The van der Waals surface area contributed by atoms with Gasteiger partial charge in [0.25, 0.3) is 0 Å². The van der Waals surface area contributed by atoms with Crippen molar-refractivity contribution in [3.63, 3.8) is 0 Å². The molecule has 0 unspecified atom stereocenters. The molecule has 186 valence electrons. The van der Waals surface area contributed by atoms with Crippen molar-refractivity contribution in [3.8, 4) is 0 Å². The lowest BCUT2D eigenvalue weighted by Gasteiger charge is -2.52. The number of piperidine rings is 2. The van der Waals surface area contributed by atoms with E-state index in [-0.39, 0.29) is 0 Å². The molecular formula is C22H42N4O5S. The molecule has 0 bridgehead atoms. The Morgan fingerprint density at radius 1 is 0.688 bits per heavy atom. The van der Waals surface area contributed by atoms with Gasteiger partial charge in [0.15, 0.2) is 11.1 Å². The van der Waals surface area contributed by atoms with E-state index < -0.39 is 56.7 Å². The molecule has 10 heteroatoms. The van der Waals surface area contributed by atoms with Crippen LogP contribution in [0.15, 0.2) is 0 Å². The quantitative estimate of drug-likeness (QED) is 0.334. The van der Waals surface area contributed by atoms with E-state index in [2.05, 4.69) is 20.1 Å². The third-order valence-electron chi connectivity index (χ3n) is 6.06. The molecule has 0 spiro atoms. The van der Waals surface area contributed by atoms with Gasteiger partial charge < -0.3 is 24.7 Å². The second-order valence-electron chi connectivity index (χ2n) is 12.1. The molecule has 0 atom stereocenters. The van der Waals surface area contributed by atoms with Crippen molar-refractivity contribution < 1.29 is 23.6 Å². The molecule has 0 radical (unpaired) electrons. The first-order valence-corrected chi connectivity index (χ1v) is 12.2. The van der Waals surface area contributed by atoms with Crippen LogP contribution in [0.4, 0.5) is 0 Å². The maximum Gasteiger partial charge on any atom is 0.330 e. The van der Waals surface area contributed by atoms with E-state index in [9.17, 15) is 14.1 Å². The number of hydrogen-bond donors (Lipinski definition) is 4. The van der Waals surface area contributed by atoms with Gasteiger partial charge in [0, 0.05) is 22.2 Å². The van der Waals surface area contributed by atoms with E-state index in [1.807, 2.05) is 55.4 Å². The van der Waals surface area contributed by atoms with Crippen LogP contribution in [0.3, 0.4) is 0 Å². The molecule has 0 aromatic heterocycles. The molecule has 32 heavy (non-hydrogen) atoms. The summed E-state index contributed by atoms with van der Waals surface area (Å²) in [5.41, 5.74) is -4.03. The summed E-state index contributed by atoms with van der Waals surface area (Å²) in [7, 11) is 2.66. The summed E-state index contributed by atoms with van der Waals surface area (Å²) in [6.45, 7) is 16.0. The molecule has 2 heterocycles. The molecule has 2 aliphatic heterocycles. The van der Waals surface area contributed by atoms with Crippen LogP contribution < -0.4 is 20.1 Å². The molecule has 2 aliphatic rings. The van der Waals surface area contributed by atoms with Gasteiger partial charge in [-0.15, -0.1) is 9.44 Å². The number of carbonyl (C=O) groups is 2. The standard InChI is InChI=1S/C22H42N4O5S/c1-17(2)11-21(15(27)30-9,12-18(3,4)23-17)25-32(29)26-22(16(28)31-10)13-19(5,6)24-20(7,8)14-22/h23-26H,11-14H2,1-10H3. The average Bonchev–Trinajstić information content (AvgIpc) is 2.53. The molecule has 2 rings (SSSR count). The molecule has 0 saturated carbocycles. The van der Waals surface area contributed by atoms with E-state index in [4.69, 9.17) is 9.47 Å². The normalized spacial score (nSPS) is 26.9. The SMILES string of the molecule is COC(=O)C1(N[S+]([O-])NC2(C(=O)OC)CC(C)(C)NC(C)(C)C2)CC(C)(C)NC(C)(C)C1. The van der Waals surface area contributed by atoms with Crippen molar-refractivity contribution in [1.29, 1.82) is 0 Å². The predicted octanol–water partition coefficient (Wildman–Crippen LogP) is 1.45. The lowest BCUT2D eigenvalue weighted by Crippen LogP contribution is -2.74. The maximum atomic E-state index is 13.5. The minimum Gasteiger partial charge on any atom is -0.579 e. The summed E-state index contributed by atoms with van der Waals surface area (Å²) < 4.78 is 29.8. The van der Waals surface area contributed by atoms with Crippen LogP contribution in [0, 0.1) is 0 Å². The van der Waals surface area contributed by atoms with Gasteiger partial charge in [-0.25, -0.2) is 9.59 Å². The van der Waals surface area contributed by atoms with Crippen LogP contribution >= 0.6 is 0 Å². The Balaban J connectivity index is 2.39. The van der Waals surface area contributed by atoms with Crippen LogP contribution in [-0.2, 0) is 30.6 Å². The lowest BCUT2D eigenvalue weighted by molar-refractivity contribution is -0.152. The molecule has 2 fully saturated rings. The largest absolute Gasteiger partial charge is 0.579 e. The molecule has 0 aliphatic carbocycles. The van der Waals surface area contributed by atoms with Crippen molar-refractivity contribution >= 4 is 23.5 Å². The van der Waals surface area contributed by atoms with Gasteiger partial charge in [-0.2, -0.15) is 0 Å². The zero-order valence-corrected chi connectivity index (χ0v) is 22.1. The summed E-state index contributed by atoms with van der Waals surface area (Å²) in [5, 5.41) is 7.05. The van der Waals surface area contributed by atoms with E-state index in [0.717, 1.165) is 0 Å². The van der Waals surface area contributed by atoms with E-state index in [0.29, 0.717) is 25.7 Å². The van der Waals surface area contributed by atoms with Gasteiger partial charge in [0.05, 0.1) is 14.2 Å². The third kappa shape index (κ3) is 6.15. The summed E-state index contributed by atoms with van der Waals surface area (Å²) in [4.78, 5) is 26.0. The van der Waals surface area contributed by atoms with Gasteiger partial charge >= 0.3 is 11.9 Å². The number of esters is 2. The van der Waals surface area contributed by atoms with E-state index in [1.54, 1.807) is 0 Å². The first-order valence-electron chi connectivity index (χ1n) is 11.0. The van der Waals surface area contributed by atoms with Crippen LogP contribution in [0.5, 0.6) is 0 Å². The fourth-order valence-electron chi connectivity index (χ4n) is 6.44. The van der Waals surface area contributed by atoms with Crippen LogP contribution in [0.2, 0.25) is 0 Å². The molecular weight excluding hydrogens is 432 g/mol. The van der Waals surface area contributed by atoms with Gasteiger partial charge in [0.2, 0.25) is 0 Å². The highest BCUT2D eigenvalue weighted by atomic mass is 32.2. The highest BCUT2D eigenvalue weighted by Gasteiger charge is 2.58. The molecule has 2 saturated heterocycles. The molecule has 4 N–H and O–H groups in total. The zero-order chi connectivity index (χ0) is 24.8. The summed E-state index contributed by atoms with van der Waals surface area (Å²) in [5.74, 6) is -0.957. The Labute approximate surface area is 196 Å². The minimum atomic E-state index is -1.93. The number of rotatable bonds is 6. The monoisotopic (exact) mass is 474 g/mol. The lowest BCUT2D eigenvalue weighted by atomic mass is 9.71. The second-order valence-corrected chi connectivity index (χ2v) is 13.1. The van der Waals surface area contributed by atoms with E-state index in [1.165, 1.54) is 14.2 Å². The summed E-state index contributed by atoms with van der Waals surface area (Å²) in [6, 6.07) is 0. The first kappa shape index (κ1) is 27.3. The maximum absolute atomic E-state index is 13.5. The summed E-state index contributed by atoms with van der Waals surface area (Å²) in [6.07, 6.45) is 1.47. The van der Waals surface area contributed by atoms with Crippen LogP contribution in [-0.4, -0.2) is 63.9 Å². The molecule has 0 aromatic carbocycles. The van der Waals surface area contributed by atoms with Crippen LogP contribution in [0.1, 0.15) is 81.1 Å². The van der Waals surface area contributed by atoms with Gasteiger partial charge in [0.1, 0.15) is 11.5 Å². The fraction of sp³-hybridized carbons (Fsp3) is 0.909. The second kappa shape index (κ2) is 8.70. The minimum absolute atomic E-state index is 0.368. The molecule has 0 amide bonds. The third-order valence-corrected chi connectivity index (χ3v) is 7.21. The highest BCUT2D eigenvalue weighted by Crippen LogP contribution is 2.39. The Hall–Kier alpha value is -0.910. The number of methoxy groups -OCH3 is 2. The Bertz CT molecular complexity index is 646. The van der Waals surface area contributed by atoms with Crippen molar-refractivity contribution in [3.05, 3.63) is 0 Å². The number of nitrogens with one attached hydrogen (secondary N) is 4. The zero-order valence-electron chi connectivity index (χ0n) is 21.3. The topological polar surface area (TPSA) is 124 Å². The van der Waals surface area contributed by atoms with Crippen molar-refractivity contribution in [2.45, 2.75) is 114 Å². The van der Waals surface area contributed by atoms with Crippen molar-refractivity contribution in [2.24, 2.45) is 0 Å². The van der Waals surface area contributed by atoms with Gasteiger partial charge in [-0.3, -0.25) is 0 Å². The summed E-state index contributed by atoms with van der Waals surface area (Å²) >= 11 is -1.93. The Morgan fingerprint density at radius 2 is 0.938 bits per heavy atom. The first-order chi connectivity index (χ1) is 14.3. The molecule has 9 nitrogen and oxygen atoms in total. The van der Waals surface area contributed by atoms with Crippen LogP contribution in [0.25, 0.3) is 0 Å². The average molecular weight is 475 g/mol.